The Bertz CT molecular complexity index is 765. The predicted molar refractivity (Wildman–Crippen MR) is 81.4 cm³/mol. The Kier molecular flexibility index (Phi) is 5.38. The van der Waals surface area contributed by atoms with Crippen LogP contribution >= 0.6 is 23.4 Å². The van der Waals surface area contributed by atoms with E-state index in [0.717, 1.165) is 35.5 Å². The number of alkyl halides is 3. The van der Waals surface area contributed by atoms with Gasteiger partial charge in [0.15, 0.2) is 5.16 Å². The van der Waals surface area contributed by atoms with Gasteiger partial charge in [-0.2, -0.15) is 13.2 Å². The minimum atomic E-state index is -4.63. The lowest BCUT2D eigenvalue weighted by atomic mass is 10.3. The van der Waals surface area contributed by atoms with Crippen molar-refractivity contribution in [3.8, 4) is 0 Å². The highest BCUT2D eigenvalue weighted by Gasteiger charge is 2.37. The number of rotatable bonds is 4. The Balaban J connectivity index is 2.08. The molecule has 0 spiro atoms. The predicted octanol–water partition coefficient (Wildman–Crippen LogP) is 3.75. The average molecular weight is 383 g/mol. The zero-order valence-corrected chi connectivity index (χ0v) is 13.9. The summed E-state index contributed by atoms with van der Waals surface area (Å²) < 4.78 is 51.7. The van der Waals surface area contributed by atoms with Crippen LogP contribution in [0.25, 0.3) is 0 Å². The highest BCUT2D eigenvalue weighted by atomic mass is 35.5. The molecule has 2 rings (SSSR count). The fourth-order valence-corrected chi connectivity index (χ4v) is 2.73. The summed E-state index contributed by atoms with van der Waals surface area (Å²) in [6.07, 6.45) is -4.63. The molecular weight excluding hydrogens is 372 g/mol. The minimum absolute atomic E-state index is 0.0126. The van der Waals surface area contributed by atoms with Crippen molar-refractivity contribution >= 4 is 35.0 Å². The molecule has 1 aromatic heterocycles. The van der Waals surface area contributed by atoms with Crippen molar-refractivity contribution in [3.05, 3.63) is 34.9 Å². The number of halogens is 5. The van der Waals surface area contributed by atoms with Crippen LogP contribution in [0.15, 0.2) is 23.4 Å². The Morgan fingerprint density at radius 2 is 2.04 bits per heavy atom. The number of thioether (sulfide) groups is 1. The first-order chi connectivity index (χ1) is 11.1. The fraction of sp³-hybridized carbons (Fsp3) is 0.308. The summed E-state index contributed by atoms with van der Waals surface area (Å²) in [5, 5.41) is 8.17. The molecule has 0 aliphatic rings. The summed E-state index contributed by atoms with van der Waals surface area (Å²) in [5.41, 5.74) is 0.199. The normalized spacial score (nSPS) is 13.0. The average Bonchev–Trinajstić information content (AvgIpc) is 2.83. The molecule has 24 heavy (non-hydrogen) atoms. The van der Waals surface area contributed by atoms with Crippen LogP contribution in [0, 0.1) is 5.82 Å². The smallest absolute Gasteiger partial charge is 0.324 e. The van der Waals surface area contributed by atoms with Gasteiger partial charge in [0.25, 0.3) is 0 Å². The van der Waals surface area contributed by atoms with E-state index in [9.17, 15) is 22.4 Å². The molecule has 0 bridgehead atoms. The minimum Gasteiger partial charge on any atom is -0.324 e. The van der Waals surface area contributed by atoms with E-state index < -0.39 is 29.0 Å². The highest BCUT2D eigenvalue weighted by molar-refractivity contribution is 8.00. The van der Waals surface area contributed by atoms with Crippen LogP contribution in [0.3, 0.4) is 0 Å². The zero-order valence-electron chi connectivity index (χ0n) is 12.4. The molecule has 5 nitrogen and oxygen atoms in total. The molecule has 0 radical (unpaired) electrons. The Hall–Kier alpha value is -1.81. The number of amides is 1. The molecule has 1 amide bonds. The van der Waals surface area contributed by atoms with Crippen molar-refractivity contribution in [2.24, 2.45) is 7.05 Å². The summed E-state index contributed by atoms with van der Waals surface area (Å²) in [7, 11) is 1.16. The number of aromatic nitrogens is 3. The van der Waals surface area contributed by atoms with Crippen molar-refractivity contribution in [2.45, 2.75) is 23.5 Å². The molecule has 0 saturated heterocycles. The summed E-state index contributed by atoms with van der Waals surface area (Å²) in [6, 6.07) is 3.45. The summed E-state index contributed by atoms with van der Waals surface area (Å²) in [5.74, 6) is -2.23. The van der Waals surface area contributed by atoms with E-state index in [1.165, 1.54) is 13.0 Å². The van der Waals surface area contributed by atoms with Crippen LogP contribution in [0.4, 0.5) is 23.2 Å². The third-order valence-electron chi connectivity index (χ3n) is 2.93. The topological polar surface area (TPSA) is 59.8 Å². The van der Waals surface area contributed by atoms with E-state index in [1.54, 1.807) is 0 Å². The standard InChI is InChI=1S/C13H11ClF4N4OS/c1-6(10(23)19-9-4-3-7(15)5-8(9)14)24-12-21-20-11(22(12)2)13(16,17)18/h3-6H,1-2H3,(H,19,23). The second-order valence-corrected chi connectivity index (χ2v) is 6.45. The molecule has 1 heterocycles. The lowest BCUT2D eigenvalue weighted by molar-refractivity contribution is -0.147. The first kappa shape index (κ1) is 18.5. The number of carbonyl (C=O) groups excluding carboxylic acids is 1. The monoisotopic (exact) mass is 382 g/mol. The van der Waals surface area contributed by atoms with E-state index >= 15 is 0 Å². The molecule has 0 saturated carbocycles. The molecule has 130 valence electrons. The van der Waals surface area contributed by atoms with Gasteiger partial charge in [0.05, 0.1) is 16.0 Å². The molecule has 0 fully saturated rings. The molecule has 11 heteroatoms. The SMILES string of the molecule is CC(Sc1nnc(C(F)(F)F)n1C)C(=O)Nc1ccc(F)cc1Cl. The molecule has 0 aliphatic heterocycles. The maximum absolute atomic E-state index is 13.0. The van der Waals surface area contributed by atoms with Crippen LogP contribution in [0.5, 0.6) is 0 Å². The summed E-state index contributed by atoms with van der Waals surface area (Å²) in [4.78, 5) is 12.1. The summed E-state index contributed by atoms with van der Waals surface area (Å²) in [6.45, 7) is 1.49. The summed E-state index contributed by atoms with van der Waals surface area (Å²) >= 11 is 6.61. The first-order valence-corrected chi connectivity index (χ1v) is 7.74. The van der Waals surface area contributed by atoms with Gasteiger partial charge in [-0.3, -0.25) is 4.79 Å². The van der Waals surface area contributed by atoms with Crippen molar-refractivity contribution in [2.75, 3.05) is 5.32 Å². The number of hydrogen-bond donors (Lipinski definition) is 1. The van der Waals surface area contributed by atoms with Crippen LogP contribution < -0.4 is 5.32 Å². The van der Waals surface area contributed by atoms with Gasteiger partial charge in [-0.25, -0.2) is 4.39 Å². The molecule has 1 atom stereocenters. The van der Waals surface area contributed by atoms with Gasteiger partial charge in [0.2, 0.25) is 11.7 Å². The van der Waals surface area contributed by atoms with E-state index in [4.69, 9.17) is 11.6 Å². The quantitative estimate of drug-likeness (QED) is 0.646. The second-order valence-electron chi connectivity index (χ2n) is 4.74. The zero-order chi connectivity index (χ0) is 18.1. The van der Waals surface area contributed by atoms with Crippen LogP contribution in [-0.2, 0) is 18.0 Å². The maximum Gasteiger partial charge on any atom is 0.451 e. The number of nitrogens with zero attached hydrogens (tertiary/aromatic N) is 3. The van der Waals surface area contributed by atoms with Gasteiger partial charge >= 0.3 is 6.18 Å². The van der Waals surface area contributed by atoms with Crippen LogP contribution in [0.2, 0.25) is 5.02 Å². The van der Waals surface area contributed by atoms with Gasteiger partial charge in [-0.1, -0.05) is 23.4 Å². The maximum atomic E-state index is 13.0. The van der Waals surface area contributed by atoms with Crippen molar-refractivity contribution in [1.29, 1.82) is 0 Å². The van der Waals surface area contributed by atoms with Gasteiger partial charge in [0.1, 0.15) is 5.82 Å². The lowest BCUT2D eigenvalue weighted by Crippen LogP contribution is -2.23. The Morgan fingerprint density at radius 1 is 1.38 bits per heavy atom. The van der Waals surface area contributed by atoms with Crippen LogP contribution in [0.1, 0.15) is 12.7 Å². The molecule has 2 aromatic rings. The number of nitrogens with one attached hydrogen (secondary N) is 1. The third kappa shape index (κ3) is 4.18. The lowest BCUT2D eigenvalue weighted by Gasteiger charge is -2.13. The van der Waals surface area contributed by atoms with Crippen LogP contribution in [-0.4, -0.2) is 25.9 Å². The highest BCUT2D eigenvalue weighted by Crippen LogP contribution is 2.31. The number of benzene rings is 1. The number of anilines is 1. The molecule has 1 aromatic carbocycles. The Morgan fingerprint density at radius 3 is 2.58 bits per heavy atom. The molecule has 1 unspecified atom stereocenters. The second kappa shape index (κ2) is 6.98. The van der Waals surface area contributed by atoms with Gasteiger partial charge in [-0.15, -0.1) is 10.2 Å². The molecule has 0 aliphatic carbocycles. The number of carbonyl (C=O) groups is 1. The fourth-order valence-electron chi connectivity index (χ4n) is 1.70. The van der Waals surface area contributed by atoms with Crippen molar-refractivity contribution < 1.29 is 22.4 Å². The van der Waals surface area contributed by atoms with Gasteiger partial charge < -0.3 is 9.88 Å². The molecular formula is C13H11ClF4N4OS. The van der Waals surface area contributed by atoms with Gasteiger partial charge in [0, 0.05) is 7.05 Å². The van der Waals surface area contributed by atoms with E-state index in [1.807, 2.05) is 0 Å². The Labute approximate surface area is 143 Å². The van der Waals surface area contributed by atoms with E-state index in [2.05, 4.69) is 15.5 Å². The van der Waals surface area contributed by atoms with Crippen molar-refractivity contribution in [3.63, 3.8) is 0 Å². The van der Waals surface area contributed by atoms with Gasteiger partial charge in [-0.05, 0) is 25.1 Å². The third-order valence-corrected chi connectivity index (χ3v) is 4.38. The number of hydrogen-bond acceptors (Lipinski definition) is 4. The largest absolute Gasteiger partial charge is 0.451 e. The van der Waals surface area contributed by atoms with E-state index in [-0.39, 0.29) is 15.9 Å². The van der Waals surface area contributed by atoms with E-state index in [0.29, 0.717) is 0 Å². The molecule has 1 N–H and O–H groups in total. The first-order valence-electron chi connectivity index (χ1n) is 6.48. The van der Waals surface area contributed by atoms with Crippen molar-refractivity contribution in [1.82, 2.24) is 14.8 Å².